The van der Waals surface area contributed by atoms with Crippen molar-refractivity contribution in [1.29, 1.82) is 0 Å². The number of halogens is 1. The van der Waals surface area contributed by atoms with Gasteiger partial charge in [0, 0.05) is 23.6 Å². The zero-order valence-electron chi connectivity index (χ0n) is 17.2. The van der Waals surface area contributed by atoms with Crippen molar-refractivity contribution >= 4 is 39.3 Å². The monoisotopic (exact) mass is 439 g/mol. The van der Waals surface area contributed by atoms with Gasteiger partial charge in [-0.2, -0.15) is 0 Å². The lowest BCUT2D eigenvalue weighted by molar-refractivity contribution is -0.0154. The van der Waals surface area contributed by atoms with Crippen LogP contribution in [-0.4, -0.2) is 45.1 Å². The topological polar surface area (TPSA) is 44.4 Å². The lowest BCUT2D eigenvalue weighted by atomic mass is 10.2. The summed E-state index contributed by atoms with van der Waals surface area (Å²) in [5, 5.41) is 5.56. The van der Waals surface area contributed by atoms with Gasteiger partial charge in [0.25, 0.3) is 0 Å². The van der Waals surface area contributed by atoms with Gasteiger partial charge in [0.05, 0.1) is 34.8 Å². The first-order valence-corrected chi connectivity index (χ1v) is 11.4. The average molecular weight is 440 g/mol. The van der Waals surface area contributed by atoms with E-state index in [1.165, 1.54) is 5.56 Å². The number of aryl methyl sites for hydroxylation is 1. The summed E-state index contributed by atoms with van der Waals surface area (Å²) in [6.45, 7) is 5.03. The lowest BCUT2D eigenvalue weighted by Gasteiger charge is -2.34. The highest BCUT2D eigenvalue weighted by molar-refractivity contribution is 8.09. The van der Waals surface area contributed by atoms with Crippen molar-refractivity contribution in [2.45, 2.75) is 37.8 Å². The molecule has 1 aromatic heterocycles. The van der Waals surface area contributed by atoms with Crippen LogP contribution in [0.2, 0.25) is 5.02 Å². The van der Waals surface area contributed by atoms with Crippen LogP contribution in [-0.2, 0) is 4.74 Å². The molecule has 1 fully saturated rings. The van der Waals surface area contributed by atoms with E-state index in [4.69, 9.17) is 21.3 Å². The molecule has 7 heteroatoms. The number of hydrazine groups is 1. The normalized spacial score (nSPS) is 24.7. The van der Waals surface area contributed by atoms with Crippen LogP contribution in [0.4, 0.5) is 0 Å². The number of imidazole rings is 1. The third-order valence-electron chi connectivity index (χ3n) is 5.91. The first-order valence-electron chi connectivity index (χ1n) is 10.1. The highest BCUT2D eigenvalue weighted by Gasteiger charge is 2.41. The maximum atomic E-state index is 6.32. The minimum Gasteiger partial charge on any atom is -0.380 e. The van der Waals surface area contributed by atoms with Crippen molar-refractivity contribution in [2.75, 3.05) is 13.7 Å². The number of aromatic nitrogens is 2. The molecule has 3 heterocycles. The van der Waals surface area contributed by atoms with Crippen LogP contribution in [0.25, 0.3) is 15.9 Å². The Hall–Kier alpha value is -1.99. The smallest absolute Gasteiger partial charge is 0.126 e. The second-order valence-electron chi connectivity index (χ2n) is 7.79. The number of H-pyrrole nitrogens is 1. The molecule has 5 rings (SSSR count). The fourth-order valence-electron chi connectivity index (χ4n) is 4.24. The van der Waals surface area contributed by atoms with Crippen molar-refractivity contribution in [3.8, 4) is 0 Å². The molecule has 2 aliphatic rings. The highest BCUT2D eigenvalue weighted by atomic mass is 35.5. The summed E-state index contributed by atoms with van der Waals surface area (Å²) in [4.78, 5) is 9.63. The molecule has 0 saturated carbocycles. The van der Waals surface area contributed by atoms with Gasteiger partial charge in [0.2, 0.25) is 0 Å². The zero-order valence-corrected chi connectivity index (χ0v) is 18.8. The van der Waals surface area contributed by atoms with E-state index >= 15 is 0 Å². The quantitative estimate of drug-likeness (QED) is 0.589. The van der Waals surface area contributed by atoms with E-state index in [1.54, 1.807) is 7.11 Å². The van der Waals surface area contributed by atoms with Crippen LogP contribution in [0.1, 0.15) is 36.3 Å². The number of nitrogens with zero attached hydrogens (tertiary/aromatic N) is 3. The molecule has 3 aromatic rings. The Morgan fingerprint density at radius 2 is 2.03 bits per heavy atom. The van der Waals surface area contributed by atoms with E-state index in [1.807, 2.05) is 36.9 Å². The van der Waals surface area contributed by atoms with Crippen LogP contribution in [0, 0.1) is 13.1 Å². The average Bonchev–Trinajstić information content (AvgIpc) is 3.47. The number of hydrogen-bond acceptors (Lipinski definition) is 5. The maximum Gasteiger partial charge on any atom is 0.126 e. The summed E-state index contributed by atoms with van der Waals surface area (Å²) in [7, 11) is 1.78. The third kappa shape index (κ3) is 3.42. The van der Waals surface area contributed by atoms with Gasteiger partial charge in [-0.15, -0.1) is 0 Å². The van der Waals surface area contributed by atoms with Crippen LogP contribution >= 0.6 is 23.4 Å². The Bertz CT molecular complexity index is 1100. The summed E-state index contributed by atoms with van der Waals surface area (Å²) in [5.41, 5.74) is 4.16. The number of nitrogens with one attached hydrogen (secondary N) is 1. The van der Waals surface area contributed by atoms with Gasteiger partial charge in [-0.3, -0.25) is 5.01 Å². The Balaban J connectivity index is 1.51. The van der Waals surface area contributed by atoms with E-state index in [9.17, 15) is 0 Å². The van der Waals surface area contributed by atoms with Crippen molar-refractivity contribution in [3.05, 3.63) is 70.6 Å². The number of methoxy groups -OCH3 is 1. The van der Waals surface area contributed by atoms with Crippen LogP contribution in [0.5, 0.6) is 0 Å². The second-order valence-corrected chi connectivity index (χ2v) is 9.52. The zero-order chi connectivity index (χ0) is 20.8. The molecule has 1 unspecified atom stereocenters. The second kappa shape index (κ2) is 7.93. The maximum absolute atomic E-state index is 6.32. The molecule has 30 heavy (non-hydrogen) atoms. The highest BCUT2D eigenvalue weighted by Crippen LogP contribution is 2.44. The van der Waals surface area contributed by atoms with Gasteiger partial charge < -0.3 is 9.72 Å². The number of thioether (sulfide) groups is 1. The fourth-order valence-corrected chi connectivity index (χ4v) is 5.43. The standard InChI is InChI=1S/C23H24ClN4OS/c1-14-18(24)9-10-19-22(14)26-23(25-19)20-11-17(29-3)12-28(20)27-13-21(30-15(27)2)16-7-5-4-6-8-16/h4-10,15,17,20H,11-12H2,1-3H3,(H,25,26)/t15?,17-,20+/m1/s1. The molecule has 0 bridgehead atoms. The van der Waals surface area contributed by atoms with E-state index in [-0.39, 0.29) is 17.5 Å². The number of fused-ring (bicyclic) bond motifs is 1. The van der Waals surface area contributed by atoms with Gasteiger partial charge in [0.1, 0.15) is 5.82 Å². The van der Waals surface area contributed by atoms with Gasteiger partial charge in [-0.05, 0) is 43.5 Å². The van der Waals surface area contributed by atoms with E-state index in [2.05, 4.69) is 52.4 Å². The molecule has 0 spiro atoms. The number of ether oxygens (including phenoxy) is 1. The Kier molecular flexibility index (Phi) is 5.27. The Labute approximate surface area is 186 Å². The predicted octanol–water partition coefficient (Wildman–Crippen LogP) is 5.40. The minimum atomic E-state index is 0.0891. The molecule has 0 amide bonds. The molecule has 1 radical (unpaired) electrons. The fraction of sp³-hybridized carbons (Fsp3) is 0.348. The van der Waals surface area contributed by atoms with Gasteiger partial charge in [-0.25, -0.2) is 9.99 Å². The van der Waals surface area contributed by atoms with Gasteiger partial charge in [-0.1, -0.05) is 53.7 Å². The Morgan fingerprint density at radius 3 is 2.80 bits per heavy atom. The SMILES string of the molecule is CO[C@@H]1C[C@@H](c2nc3c(C)c(Cl)ccc3[nH]2)N(N2[C]=C(c3ccccc3)SC2C)C1. The minimum absolute atomic E-state index is 0.0891. The largest absolute Gasteiger partial charge is 0.380 e. The number of aromatic amines is 1. The molecule has 2 aliphatic heterocycles. The molecule has 1 N–H and O–H groups in total. The van der Waals surface area contributed by atoms with Crippen molar-refractivity contribution in [1.82, 2.24) is 20.0 Å². The van der Waals surface area contributed by atoms with Crippen molar-refractivity contribution in [3.63, 3.8) is 0 Å². The summed E-state index contributed by atoms with van der Waals surface area (Å²) in [6.07, 6.45) is 4.64. The van der Waals surface area contributed by atoms with Crippen LogP contribution in [0.3, 0.4) is 0 Å². The summed E-state index contributed by atoms with van der Waals surface area (Å²) >= 11 is 8.15. The number of benzene rings is 2. The van der Waals surface area contributed by atoms with Crippen LogP contribution < -0.4 is 0 Å². The molecule has 155 valence electrons. The summed E-state index contributed by atoms with van der Waals surface area (Å²) in [6, 6.07) is 14.5. The third-order valence-corrected chi connectivity index (χ3v) is 7.42. The van der Waals surface area contributed by atoms with Crippen LogP contribution in [0.15, 0.2) is 42.5 Å². The first kappa shape index (κ1) is 19.9. The molecular weight excluding hydrogens is 416 g/mol. The summed E-state index contributed by atoms with van der Waals surface area (Å²) < 4.78 is 5.74. The number of hydrogen-bond donors (Lipinski definition) is 1. The van der Waals surface area contributed by atoms with Crippen molar-refractivity contribution < 1.29 is 4.74 Å². The number of rotatable bonds is 4. The molecule has 3 atom stereocenters. The lowest BCUT2D eigenvalue weighted by Crippen LogP contribution is -2.42. The predicted molar refractivity (Wildman–Crippen MR) is 123 cm³/mol. The molecule has 1 saturated heterocycles. The first-order chi connectivity index (χ1) is 14.5. The van der Waals surface area contributed by atoms with E-state index < -0.39 is 0 Å². The Morgan fingerprint density at radius 1 is 1.23 bits per heavy atom. The summed E-state index contributed by atoms with van der Waals surface area (Å²) in [5.74, 6) is 0.946. The molecule has 0 aliphatic carbocycles. The van der Waals surface area contributed by atoms with E-state index in [0.717, 1.165) is 45.3 Å². The van der Waals surface area contributed by atoms with E-state index in [0.29, 0.717) is 0 Å². The molecule has 5 nitrogen and oxygen atoms in total. The van der Waals surface area contributed by atoms with Gasteiger partial charge in [0.15, 0.2) is 0 Å². The van der Waals surface area contributed by atoms with Crippen molar-refractivity contribution in [2.24, 2.45) is 0 Å². The molecular formula is C23H24ClN4OS. The van der Waals surface area contributed by atoms with Gasteiger partial charge >= 0.3 is 0 Å². The molecule has 2 aromatic carbocycles.